The van der Waals surface area contributed by atoms with Crippen molar-refractivity contribution >= 4 is 12.0 Å². The highest BCUT2D eigenvalue weighted by molar-refractivity contribution is 5.83. The van der Waals surface area contributed by atoms with E-state index >= 15 is 0 Å². The molecule has 5 heteroatoms. The smallest absolute Gasteiger partial charge is 0.409 e. The van der Waals surface area contributed by atoms with Crippen LogP contribution in [0.5, 0.6) is 0 Å². The number of hydrogen-bond acceptors (Lipinski definition) is 3. The van der Waals surface area contributed by atoms with E-state index < -0.39 is 0 Å². The summed E-state index contributed by atoms with van der Waals surface area (Å²) in [7, 11) is 0. The number of ether oxygens (including phenoxy) is 1. The summed E-state index contributed by atoms with van der Waals surface area (Å²) in [5, 5.41) is 3.14. The molecular weight excluding hydrogens is 292 g/mol. The third kappa shape index (κ3) is 4.71. The van der Waals surface area contributed by atoms with Crippen molar-refractivity contribution in [2.75, 3.05) is 19.7 Å². The molecule has 0 aliphatic carbocycles. The first-order chi connectivity index (χ1) is 11.2. The number of likely N-dealkylation sites (tertiary alicyclic amines) is 1. The lowest BCUT2D eigenvalue weighted by Crippen LogP contribution is -2.47. The van der Waals surface area contributed by atoms with Crippen LogP contribution in [-0.4, -0.2) is 42.6 Å². The molecule has 1 aliphatic rings. The van der Waals surface area contributed by atoms with Gasteiger partial charge in [0.05, 0.1) is 12.5 Å². The second kappa shape index (κ2) is 8.56. The minimum atomic E-state index is -0.256. The van der Waals surface area contributed by atoms with E-state index in [-0.39, 0.29) is 24.0 Å². The predicted octanol–water partition coefficient (Wildman–Crippen LogP) is 2.92. The first-order valence-corrected chi connectivity index (χ1v) is 8.42. The van der Waals surface area contributed by atoms with Crippen molar-refractivity contribution in [1.82, 2.24) is 10.2 Å². The SMILES string of the molecule is CCOC(=O)N1CCC(NC(=O)C(CC)c2ccccc2)CC1. The minimum absolute atomic E-state index is 0.0771. The van der Waals surface area contributed by atoms with Gasteiger partial charge in [0, 0.05) is 19.1 Å². The molecule has 2 rings (SSSR count). The number of nitrogens with one attached hydrogen (secondary N) is 1. The van der Waals surface area contributed by atoms with Gasteiger partial charge < -0.3 is 15.0 Å². The highest BCUT2D eigenvalue weighted by Crippen LogP contribution is 2.20. The lowest BCUT2D eigenvalue weighted by atomic mass is 9.94. The van der Waals surface area contributed by atoms with Crippen molar-refractivity contribution < 1.29 is 14.3 Å². The van der Waals surface area contributed by atoms with Gasteiger partial charge in [-0.3, -0.25) is 4.79 Å². The van der Waals surface area contributed by atoms with E-state index in [1.54, 1.807) is 11.8 Å². The van der Waals surface area contributed by atoms with Gasteiger partial charge in [-0.05, 0) is 31.7 Å². The van der Waals surface area contributed by atoms with Crippen LogP contribution in [-0.2, 0) is 9.53 Å². The van der Waals surface area contributed by atoms with Gasteiger partial charge in [-0.1, -0.05) is 37.3 Å². The van der Waals surface area contributed by atoms with Gasteiger partial charge >= 0.3 is 6.09 Å². The average Bonchev–Trinajstić information content (AvgIpc) is 2.57. The number of rotatable bonds is 5. The molecule has 0 aromatic heterocycles. The number of benzene rings is 1. The van der Waals surface area contributed by atoms with Gasteiger partial charge in [0.1, 0.15) is 0 Å². The van der Waals surface area contributed by atoms with Crippen molar-refractivity contribution in [1.29, 1.82) is 0 Å². The number of carbonyl (C=O) groups excluding carboxylic acids is 2. The van der Waals surface area contributed by atoms with Crippen molar-refractivity contribution in [2.24, 2.45) is 0 Å². The fourth-order valence-corrected chi connectivity index (χ4v) is 2.98. The van der Waals surface area contributed by atoms with Crippen LogP contribution in [0, 0.1) is 0 Å². The van der Waals surface area contributed by atoms with Gasteiger partial charge in [0.15, 0.2) is 0 Å². The molecule has 1 N–H and O–H groups in total. The molecule has 0 spiro atoms. The topological polar surface area (TPSA) is 58.6 Å². The van der Waals surface area contributed by atoms with E-state index in [4.69, 9.17) is 4.74 Å². The highest BCUT2D eigenvalue weighted by atomic mass is 16.6. The van der Waals surface area contributed by atoms with E-state index in [1.807, 2.05) is 37.3 Å². The monoisotopic (exact) mass is 318 g/mol. The number of piperidine rings is 1. The molecule has 1 saturated heterocycles. The third-order valence-corrected chi connectivity index (χ3v) is 4.29. The van der Waals surface area contributed by atoms with E-state index in [1.165, 1.54) is 0 Å². The van der Waals surface area contributed by atoms with Gasteiger partial charge in [-0.2, -0.15) is 0 Å². The minimum Gasteiger partial charge on any atom is -0.450 e. The van der Waals surface area contributed by atoms with E-state index in [2.05, 4.69) is 5.32 Å². The first-order valence-electron chi connectivity index (χ1n) is 8.42. The van der Waals surface area contributed by atoms with Gasteiger partial charge in [0.2, 0.25) is 5.91 Å². The molecule has 1 atom stereocenters. The number of nitrogens with zero attached hydrogens (tertiary/aromatic N) is 1. The Morgan fingerprint density at radius 2 is 1.87 bits per heavy atom. The molecule has 1 aliphatic heterocycles. The van der Waals surface area contributed by atoms with E-state index in [9.17, 15) is 9.59 Å². The first kappa shape index (κ1) is 17.3. The van der Waals surface area contributed by atoms with Crippen molar-refractivity contribution in [3.63, 3.8) is 0 Å². The maximum Gasteiger partial charge on any atom is 0.409 e. The average molecular weight is 318 g/mol. The van der Waals surface area contributed by atoms with E-state index in [0.29, 0.717) is 19.7 Å². The largest absolute Gasteiger partial charge is 0.450 e. The number of hydrogen-bond donors (Lipinski definition) is 1. The molecule has 0 radical (unpaired) electrons. The molecule has 0 saturated carbocycles. The van der Waals surface area contributed by atoms with E-state index in [0.717, 1.165) is 24.8 Å². The van der Waals surface area contributed by atoms with Crippen molar-refractivity contribution in [3.05, 3.63) is 35.9 Å². The third-order valence-electron chi connectivity index (χ3n) is 4.29. The summed E-state index contributed by atoms with van der Waals surface area (Å²) in [5.74, 6) is -0.0347. The van der Waals surface area contributed by atoms with Crippen LogP contribution in [0.15, 0.2) is 30.3 Å². The van der Waals surface area contributed by atoms with Crippen LogP contribution < -0.4 is 5.32 Å². The number of carbonyl (C=O) groups is 2. The summed E-state index contributed by atoms with van der Waals surface area (Å²) in [6.07, 6.45) is 2.07. The van der Waals surface area contributed by atoms with Gasteiger partial charge in [-0.15, -0.1) is 0 Å². The lowest BCUT2D eigenvalue weighted by Gasteiger charge is -2.32. The summed E-state index contributed by atoms with van der Waals surface area (Å²) in [5.41, 5.74) is 1.05. The highest BCUT2D eigenvalue weighted by Gasteiger charge is 2.26. The molecule has 1 aromatic rings. The summed E-state index contributed by atoms with van der Waals surface area (Å²) in [6.45, 7) is 5.49. The van der Waals surface area contributed by atoms with Crippen LogP contribution in [0.3, 0.4) is 0 Å². The number of amides is 2. The Kier molecular flexibility index (Phi) is 6.44. The van der Waals surface area contributed by atoms with Crippen LogP contribution in [0.4, 0.5) is 4.79 Å². The second-order valence-electron chi connectivity index (χ2n) is 5.84. The standard InChI is InChI=1S/C18H26N2O3/c1-3-16(14-8-6-5-7-9-14)17(21)19-15-10-12-20(13-11-15)18(22)23-4-2/h5-9,15-16H,3-4,10-13H2,1-2H3,(H,19,21). The van der Waals surface area contributed by atoms with Crippen LogP contribution in [0.1, 0.15) is 44.6 Å². The molecule has 5 nitrogen and oxygen atoms in total. The summed E-state index contributed by atoms with van der Waals surface area (Å²) < 4.78 is 5.01. The zero-order valence-corrected chi connectivity index (χ0v) is 14.0. The van der Waals surface area contributed by atoms with Gasteiger partial charge in [-0.25, -0.2) is 4.79 Å². The second-order valence-corrected chi connectivity index (χ2v) is 5.84. The Morgan fingerprint density at radius 3 is 2.43 bits per heavy atom. The fourth-order valence-electron chi connectivity index (χ4n) is 2.98. The summed E-state index contributed by atoms with van der Waals surface area (Å²) in [4.78, 5) is 25.9. The molecule has 1 heterocycles. The molecule has 126 valence electrons. The molecule has 1 aromatic carbocycles. The maximum absolute atomic E-state index is 12.5. The Hall–Kier alpha value is -2.04. The Bertz CT molecular complexity index is 510. The van der Waals surface area contributed by atoms with Crippen LogP contribution >= 0.6 is 0 Å². The lowest BCUT2D eigenvalue weighted by molar-refractivity contribution is -0.123. The molecule has 1 unspecified atom stereocenters. The maximum atomic E-state index is 12.5. The molecule has 1 fully saturated rings. The van der Waals surface area contributed by atoms with Crippen molar-refractivity contribution in [2.45, 2.75) is 45.1 Å². The van der Waals surface area contributed by atoms with Gasteiger partial charge in [0.25, 0.3) is 0 Å². The summed E-state index contributed by atoms with van der Waals surface area (Å²) in [6, 6.07) is 10.0. The Labute approximate surface area is 138 Å². The summed E-state index contributed by atoms with van der Waals surface area (Å²) >= 11 is 0. The zero-order valence-electron chi connectivity index (χ0n) is 14.0. The Morgan fingerprint density at radius 1 is 1.22 bits per heavy atom. The quantitative estimate of drug-likeness (QED) is 0.908. The normalized spacial score (nSPS) is 16.7. The fraction of sp³-hybridized carbons (Fsp3) is 0.556. The molecular formula is C18H26N2O3. The molecule has 0 bridgehead atoms. The Balaban J connectivity index is 1.85. The predicted molar refractivity (Wildman–Crippen MR) is 89.2 cm³/mol. The van der Waals surface area contributed by atoms with Crippen molar-refractivity contribution in [3.8, 4) is 0 Å². The molecule has 23 heavy (non-hydrogen) atoms. The molecule has 2 amide bonds. The van der Waals surface area contributed by atoms with Crippen LogP contribution in [0.25, 0.3) is 0 Å². The van der Waals surface area contributed by atoms with Crippen LogP contribution in [0.2, 0.25) is 0 Å². The zero-order chi connectivity index (χ0) is 16.7.